The van der Waals surface area contributed by atoms with Crippen molar-refractivity contribution in [2.45, 2.75) is 18.8 Å². The molecular weight excluding hydrogens is 278 g/mol. The highest BCUT2D eigenvalue weighted by molar-refractivity contribution is 7.79. The van der Waals surface area contributed by atoms with Crippen LogP contribution in [0, 0.1) is 5.92 Å². The van der Waals surface area contributed by atoms with E-state index in [2.05, 4.69) is 24.1 Å². The number of halogens is 1. The molecule has 0 aromatic heterocycles. The Hall–Kier alpha value is -0.640. The summed E-state index contributed by atoms with van der Waals surface area (Å²) in [7, 11) is 3.99. The lowest BCUT2D eigenvalue weighted by Crippen LogP contribution is -2.21. The van der Waals surface area contributed by atoms with Crippen LogP contribution < -0.4 is 4.74 Å². The third kappa shape index (κ3) is 2.39. The standard InChI is InChI=1S/C15H19NOS.ClH/c1-16-7-10-3-5-12-11(9-18)4-6-14(17-2)15(12)13(10)8-16;/h4,6,9-10,13H,3,5,7-8H2,1-2H3;1H. The van der Waals surface area contributed by atoms with Crippen molar-refractivity contribution in [1.82, 2.24) is 4.90 Å². The number of likely N-dealkylation sites (tertiary alicyclic amines) is 1. The van der Waals surface area contributed by atoms with Crippen LogP contribution >= 0.6 is 24.6 Å². The lowest BCUT2D eigenvalue weighted by molar-refractivity contribution is 0.379. The van der Waals surface area contributed by atoms with Crippen LogP contribution in [-0.4, -0.2) is 37.5 Å². The average Bonchev–Trinajstić information content (AvgIpc) is 2.77. The molecule has 0 saturated carbocycles. The molecule has 2 unspecified atom stereocenters. The van der Waals surface area contributed by atoms with Crippen molar-refractivity contribution in [2.24, 2.45) is 5.92 Å². The van der Waals surface area contributed by atoms with Gasteiger partial charge in [0.25, 0.3) is 0 Å². The molecule has 1 heterocycles. The Balaban J connectivity index is 0.00000133. The van der Waals surface area contributed by atoms with Crippen LogP contribution in [-0.2, 0) is 6.42 Å². The Kier molecular flexibility index (Phi) is 4.49. The van der Waals surface area contributed by atoms with Crippen molar-refractivity contribution in [2.75, 3.05) is 27.2 Å². The number of methoxy groups -OCH3 is 1. The maximum Gasteiger partial charge on any atom is 0.122 e. The number of nitrogens with zero attached hydrogens (tertiary/aromatic N) is 1. The molecule has 104 valence electrons. The van der Waals surface area contributed by atoms with E-state index in [0.29, 0.717) is 5.92 Å². The first-order chi connectivity index (χ1) is 8.74. The van der Waals surface area contributed by atoms with Crippen LogP contribution in [0.25, 0.3) is 0 Å². The zero-order chi connectivity index (χ0) is 12.7. The number of thiocarbonyl (C=S) groups is 1. The van der Waals surface area contributed by atoms with Crippen molar-refractivity contribution < 1.29 is 4.74 Å². The molecular formula is C15H20ClNOS. The summed E-state index contributed by atoms with van der Waals surface area (Å²) in [5, 5.41) is 1.82. The van der Waals surface area contributed by atoms with Gasteiger partial charge >= 0.3 is 0 Å². The van der Waals surface area contributed by atoms with Gasteiger partial charge in [0.2, 0.25) is 0 Å². The second-order valence-electron chi connectivity index (χ2n) is 5.49. The first-order valence-electron chi connectivity index (χ1n) is 6.58. The molecule has 19 heavy (non-hydrogen) atoms. The van der Waals surface area contributed by atoms with Gasteiger partial charge in [-0.25, -0.2) is 0 Å². The second kappa shape index (κ2) is 5.78. The molecule has 1 aromatic rings. The Labute approximate surface area is 126 Å². The molecule has 0 N–H and O–H groups in total. The Morgan fingerprint density at radius 3 is 2.84 bits per heavy atom. The van der Waals surface area contributed by atoms with E-state index in [1.807, 2.05) is 5.37 Å². The molecule has 1 aromatic carbocycles. The summed E-state index contributed by atoms with van der Waals surface area (Å²) in [5.74, 6) is 2.47. The predicted molar refractivity (Wildman–Crippen MR) is 85.0 cm³/mol. The van der Waals surface area contributed by atoms with E-state index >= 15 is 0 Å². The molecule has 2 aliphatic rings. The molecule has 1 aliphatic heterocycles. The van der Waals surface area contributed by atoms with Crippen LogP contribution in [0.2, 0.25) is 0 Å². The van der Waals surface area contributed by atoms with Crippen molar-refractivity contribution in [3.63, 3.8) is 0 Å². The predicted octanol–water partition coefficient (Wildman–Crippen LogP) is 3.06. The summed E-state index contributed by atoms with van der Waals surface area (Å²) < 4.78 is 5.59. The van der Waals surface area contributed by atoms with Gasteiger partial charge in [-0.1, -0.05) is 18.3 Å². The van der Waals surface area contributed by atoms with E-state index in [-0.39, 0.29) is 12.4 Å². The quantitative estimate of drug-likeness (QED) is 0.779. The number of hydrogen-bond acceptors (Lipinski definition) is 3. The van der Waals surface area contributed by atoms with Gasteiger partial charge in [-0.15, -0.1) is 12.4 Å². The lowest BCUT2D eigenvalue weighted by atomic mass is 9.75. The Morgan fingerprint density at radius 1 is 1.37 bits per heavy atom. The Bertz CT molecular complexity index is 491. The number of ether oxygens (including phenoxy) is 1. The molecule has 2 nitrogen and oxygen atoms in total. The minimum atomic E-state index is 0. The summed E-state index contributed by atoms with van der Waals surface area (Å²) in [6.07, 6.45) is 2.43. The third-order valence-corrected chi connectivity index (χ3v) is 4.71. The second-order valence-corrected chi connectivity index (χ2v) is 5.73. The normalized spacial score (nSPS) is 25.2. The van der Waals surface area contributed by atoms with Crippen LogP contribution in [0.4, 0.5) is 0 Å². The van der Waals surface area contributed by atoms with Crippen LogP contribution in [0.15, 0.2) is 12.1 Å². The molecule has 0 radical (unpaired) electrons. The molecule has 3 rings (SSSR count). The summed E-state index contributed by atoms with van der Waals surface area (Å²) in [6, 6.07) is 4.18. The van der Waals surface area contributed by atoms with Gasteiger partial charge < -0.3 is 9.64 Å². The van der Waals surface area contributed by atoms with Gasteiger partial charge in [0.15, 0.2) is 0 Å². The fourth-order valence-corrected chi connectivity index (χ4v) is 3.89. The van der Waals surface area contributed by atoms with Crippen molar-refractivity contribution >= 4 is 30.0 Å². The molecule has 0 spiro atoms. The van der Waals surface area contributed by atoms with E-state index in [0.717, 1.165) is 24.6 Å². The SMILES string of the molecule is COc1ccc(C=S)c2c1C1CN(C)CC1CC2.Cl. The van der Waals surface area contributed by atoms with Gasteiger partial charge in [-0.2, -0.15) is 0 Å². The van der Waals surface area contributed by atoms with Crippen LogP contribution in [0.1, 0.15) is 29.0 Å². The van der Waals surface area contributed by atoms with Crippen molar-refractivity contribution in [3.8, 4) is 5.75 Å². The number of hydrogen-bond donors (Lipinski definition) is 0. The molecule has 1 fully saturated rings. The number of rotatable bonds is 2. The minimum absolute atomic E-state index is 0. The molecule has 0 amide bonds. The number of likely N-dealkylation sites (N-methyl/N-ethyl adjacent to an activating group) is 1. The maximum absolute atomic E-state index is 5.59. The monoisotopic (exact) mass is 297 g/mol. The van der Waals surface area contributed by atoms with Gasteiger partial charge in [0.1, 0.15) is 5.75 Å². The van der Waals surface area contributed by atoms with Gasteiger partial charge in [-0.05, 0) is 43.0 Å². The number of fused-ring (bicyclic) bond motifs is 3. The van der Waals surface area contributed by atoms with Gasteiger partial charge in [-0.3, -0.25) is 0 Å². The molecule has 1 aliphatic carbocycles. The first-order valence-corrected chi connectivity index (χ1v) is 7.05. The fourth-order valence-electron chi connectivity index (χ4n) is 3.67. The molecule has 2 atom stereocenters. The van der Waals surface area contributed by atoms with Crippen LogP contribution in [0.3, 0.4) is 0 Å². The topological polar surface area (TPSA) is 12.5 Å². The largest absolute Gasteiger partial charge is 0.496 e. The van der Waals surface area contributed by atoms with E-state index in [4.69, 9.17) is 17.0 Å². The van der Waals surface area contributed by atoms with E-state index in [9.17, 15) is 0 Å². The summed E-state index contributed by atoms with van der Waals surface area (Å²) in [6.45, 7) is 2.37. The molecule has 0 bridgehead atoms. The highest BCUT2D eigenvalue weighted by Gasteiger charge is 2.38. The number of benzene rings is 1. The van der Waals surface area contributed by atoms with E-state index < -0.39 is 0 Å². The molecule has 4 heteroatoms. The third-order valence-electron chi connectivity index (χ3n) is 4.46. The van der Waals surface area contributed by atoms with E-state index in [1.165, 1.54) is 29.7 Å². The van der Waals surface area contributed by atoms with Crippen molar-refractivity contribution in [1.29, 1.82) is 0 Å². The smallest absolute Gasteiger partial charge is 0.122 e. The lowest BCUT2D eigenvalue weighted by Gasteiger charge is -2.30. The highest BCUT2D eigenvalue weighted by atomic mass is 35.5. The summed E-state index contributed by atoms with van der Waals surface area (Å²) in [4.78, 5) is 2.44. The van der Waals surface area contributed by atoms with E-state index in [1.54, 1.807) is 7.11 Å². The van der Waals surface area contributed by atoms with Gasteiger partial charge in [0.05, 0.1) is 7.11 Å². The minimum Gasteiger partial charge on any atom is -0.496 e. The zero-order valence-electron chi connectivity index (χ0n) is 11.4. The van der Waals surface area contributed by atoms with Crippen molar-refractivity contribution in [3.05, 3.63) is 28.8 Å². The highest BCUT2D eigenvalue weighted by Crippen LogP contribution is 2.45. The van der Waals surface area contributed by atoms with Gasteiger partial charge in [0, 0.05) is 29.9 Å². The summed E-state index contributed by atoms with van der Waals surface area (Å²) in [5.41, 5.74) is 4.08. The first kappa shape index (κ1) is 14.8. The summed E-state index contributed by atoms with van der Waals surface area (Å²) >= 11 is 5.15. The molecule has 1 saturated heterocycles. The van der Waals surface area contributed by atoms with Crippen LogP contribution in [0.5, 0.6) is 5.75 Å². The Morgan fingerprint density at radius 2 is 2.16 bits per heavy atom. The fraction of sp³-hybridized carbons (Fsp3) is 0.533. The maximum atomic E-state index is 5.59. The average molecular weight is 298 g/mol. The zero-order valence-corrected chi connectivity index (χ0v) is 13.0.